The molecule has 0 saturated heterocycles. The van der Waals surface area contributed by atoms with Crippen molar-refractivity contribution in [3.63, 3.8) is 0 Å². The highest BCUT2D eigenvalue weighted by Gasteiger charge is 2.60. The molecule has 160 valence electrons. The van der Waals surface area contributed by atoms with Crippen LogP contribution >= 0.6 is 0 Å². The molecule has 2 aliphatic rings. The SMILES string of the molecule is C=CC(C)(C)C1(CC2NC(=O)c3ccccc3N(C)C2=O)C(=O)N(O)c2ccccc21. The van der Waals surface area contributed by atoms with Gasteiger partial charge in [0, 0.05) is 12.5 Å². The van der Waals surface area contributed by atoms with Crippen molar-refractivity contribution in [3.05, 3.63) is 72.3 Å². The molecule has 0 bridgehead atoms. The predicted octanol–water partition coefficient (Wildman–Crippen LogP) is 3.04. The van der Waals surface area contributed by atoms with E-state index >= 15 is 0 Å². The Hall–Kier alpha value is -3.45. The lowest BCUT2D eigenvalue weighted by atomic mass is 9.59. The van der Waals surface area contributed by atoms with Gasteiger partial charge in [0.1, 0.15) is 6.04 Å². The molecule has 0 saturated carbocycles. The summed E-state index contributed by atoms with van der Waals surface area (Å²) in [5, 5.41) is 14.1. The van der Waals surface area contributed by atoms with Crippen molar-refractivity contribution in [3.8, 4) is 0 Å². The van der Waals surface area contributed by atoms with E-state index < -0.39 is 22.8 Å². The molecular weight excluding hydrogens is 394 g/mol. The van der Waals surface area contributed by atoms with E-state index in [0.29, 0.717) is 27.6 Å². The summed E-state index contributed by atoms with van der Waals surface area (Å²) in [7, 11) is 1.61. The van der Waals surface area contributed by atoms with Gasteiger partial charge in [0.15, 0.2) is 0 Å². The quantitative estimate of drug-likeness (QED) is 0.589. The van der Waals surface area contributed by atoms with Crippen molar-refractivity contribution in [2.75, 3.05) is 17.0 Å². The Morgan fingerprint density at radius 2 is 1.71 bits per heavy atom. The molecule has 2 unspecified atom stereocenters. The van der Waals surface area contributed by atoms with Crippen molar-refractivity contribution in [1.29, 1.82) is 0 Å². The minimum absolute atomic E-state index is 0.0260. The average molecular weight is 419 g/mol. The average Bonchev–Trinajstić information content (AvgIpc) is 2.95. The van der Waals surface area contributed by atoms with E-state index in [4.69, 9.17) is 0 Å². The van der Waals surface area contributed by atoms with Crippen LogP contribution in [0.4, 0.5) is 11.4 Å². The minimum Gasteiger partial charge on any atom is -0.340 e. The van der Waals surface area contributed by atoms with Gasteiger partial charge in [0.25, 0.3) is 11.8 Å². The van der Waals surface area contributed by atoms with E-state index in [1.807, 2.05) is 13.8 Å². The zero-order valence-electron chi connectivity index (χ0n) is 17.8. The maximum Gasteiger partial charge on any atom is 0.262 e. The third-order valence-electron chi connectivity index (χ3n) is 6.71. The van der Waals surface area contributed by atoms with Crippen LogP contribution in [0, 0.1) is 5.41 Å². The van der Waals surface area contributed by atoms with Gasteiger partial charge in [-0.2, -0.15) is 5.06 Å². The Morgan fingerprint density at radius 3 is 2.39 bits per heavy atom. The maximum atomic E-state index is 13.5. The molecule has 2 N–H and O–H groups in total. The lowest BCUT2D eigenvalue weighted by Gasteiger charge is -2.42. The highest BCUT2D eigenvalue weighted by Crippen LogP contribution is 2.54. The second-order valence-corrected chi connectivity index (χ2v) is 8.61. The molecule has 3 amide bonds. The molecule has 0 aromatic heterocycles. The number of benzene rings is 2. The van der Waals surface area contributed by atoms with Gasteiger partial charge in [-0.1, -0.05) is 50.3 Å². The molecule has 0 fully saturated rings. The number of carbonyl (C=O) groups is 3. The van der Waals surface area contributed by atoms with Crippen LogP contribution < -0.4 is 15.3 Å². The maximum absolute atomic E-state index is 13.5. The summed E-state index contributed by atoms with van der Waals surface area (Å²) in [6.07, 6.45) is 1.63. The normalized spacial score (nSPS) is 23.2. The highest BCUT2D eigenvalue weighted by molar-refractivity contribution is 6.12. The van der Waals surface area contributed by atoms with Crippen LogP contribution in [0.3, 0.4) is 0 Å². The lowest BCUT2D eigenvalue weighted by Crippen LogP contribution is -2.56. The van der Waals surface area contributed by atoms with Crippen LogP contribution in [0.25, 0.3) is 0 Å². The Kier molecular flexibility index (Phi) is 4.74. The van der Waals surface area contributed by atoms with E-state index in [1.165, 1.54) is 4.90 Å². The molecule has 2 heterocycles. The molecule has 0 radical (unpaired) electrons. The van der Waals surface area contributed by atoms with Crippen LogP contribution in [0.2, 0.25) is 0 Å². The van der Waals surface area contributed by atoms with Gasteiger partial charge < -0.3 is 10.2 Å². The fourth-order valence-electron chi connectivity index (χ4n) is 4.73. The van der Waals surface area contributed by atoms with Crippen molar-refractivity contribution in [1.82, 2.24) is 5.32 Å². The number of carbonyl (C=O) groups excluding carboxylic acids is 3. The van der Waals surface area contributed by atoms with Crippen molar-refractivity contribution < 1.29 is 19.6 Å². The Balaban J connectivity index is 1.85. The zero-order valence-corrected chi connectivity index (χ0v) is 17.8. The van der Waals surface area contributed by atoms with Gasteiger partial charge in [-0.3, -0.25) is 19.6 Å². The van der Waals surface area contributed by atoms with Crippen molar-refractivity contribution in [2.24, 2.45) is 5.41 Å². The number of fused-ring (bicyclic) bond motifs is 2. The molecule has 0 aliphatic carbocycles. The van der Waals surface area contributed by atoms with Crippen LogP contribution in [0.15, 0.2) is 61.2 Å². The Labute approximate surface area is 180 Å². The fraction of sp³-hybridized carbons (Fsp3) is 0.292. The summed E-state index contributed by atoms with van der Waals surface area (Å²) in [4.78, 5) is 41.3. The second-order valence-electron chi connectivity index (χ2n) is 8.61. The second kappa shape index (κ2) is 7.06. The number of hydrogen-bond acceptors (Lipinski definition) is 4. The molecule has 0 spiro atoms. The number of hydroxylamine groups is 1. The van der Waals surface area contributed by atoms with Gasteiger partial charge in [0.05, 0.1) is 22.4 Å². The van der Waals surface area contributed by atoms with Gasteiger partial charge in [0.2, 0.25) is 5.91 Å². The largest absolute Gasteiger partial charge is 0.340 e. The Morgan fingerprint density at radius 1 is 1.10 bits per heavy atom. The Bertz CT molecular complexity index is 1110. The number of nitrogens with zero attached hydrogens (tertiary/aromatic N) is 2. The van der Waals surface area contributed by atoms with Gasteiger partial charge >= 0.3 is 0 Å². The van der Waals surface area contributed by atoms with E-state index in [-0.39, 0.29) is 18.2 Å². The van der Waals surface area contributed by atoms with E-state index in [1.54, 1.807) is 61.7 Å². The molecule has 2 aromatic carbocycles. The van der Waals surface area contributed by atoms with Crippen molar-refractivity contribution in [2.45, 2.75) is 31.7 Å². The molecular formula is C24H25N3O4. The van der Waals surface area contributed by atoms with E-state index in [9.17, 15) is 19.6 Å². The number of likely N-dealkylation sites (N-methyl/N-ethyl adjacent to an activating group) is 1. The van der Waals surface area contributed by atoms with Gasteiger partial charge in [-0.15, -0.1) is 6.58 Å². The molecule has 7 heteroatoms. The zero-order chi connectivity index (χ0) is 22.6. The third kappa shape index (κ3) is 2.80. The topological polar surface area (TPSA) is 90.0 Å². The van der Waals surface area contributed by atoms with Gasteiger partial charge in [-0.25, -0.2) is 0 Å². The first-order valence-electron chi connectivity index (χ1n) is 10.1. The van der Waals surface area contributed by atoms with Gasteiger partial charge in [-0.05, 0) is 30.2 Å². The highest BCUT2D eigenvalue weighted by atomic mass is 16.5. The first kappa shape index (κ1) is 20.8. The van der Waals surface area contributed by atoms with Crippen LogP contribution in [0.5, 0.6) is 0 Å². The smallest absolute Gasteiger partial charge is 0.262 e. The summed E-state index contributed by atoms with van der Waals surface area (Å²) in [5.74, 6) is -1.27. The summed E-state index contributed by atoms with van der Waals surface area (Å²) >= 11 is 0. The molecule has 31 heavy (non-hydrogen) atoms. The molecule has 7 nitrogen and oxygen atoms in total. The minimum atomic E-state index is -1.30. The summed E-state index contributed by atoms with van der Waals surface area (Å²) < 4.78 is 0. The van der Waals surface area contributed by atoms with Crippen LogP contribution in [-0.4, -0.2) is 36.0 Å². The number of anilines is 2. The lowest BCUT2D eigenvalue weighted by molar-refractivity contribution is -0.132. The molecule has 2 aliphatic heterocycles. The summed E-state index contributed by atoms with van der Waals surface area (Å²) in [6, 6.07) is 12.8. The number of rotatable bonds is 4. The van der Waals surface area contributed by atoms with E-state index in [0.717, 1.165) is 0 Å². The number of nitrogens with one attached hydrogen (secondary N) is 1. The molecule has 4 rings (SSSR count). The fourth-order valence-corrected chi connectivity index (χ4v) is 4.73. The monoisotopic (exact) mass is 419 g/mol. The van der Waals surface area contributed by atoms with Crippen LogP contribution in [-0.2, 0) is 15.0 Å². The first-order chi connectivity index (χ1) is 14.7. The standard InChI is InChI=1S/C24H25N3O4/c1-5-23(2,3)24(16-11-7-9-13-19(16)27(31)22(24)30)14-17-21(29)26(4)18-12-8-6-10-15(18)20(28)25-17/h5-13,17,31H,1,14H2,2-4H3,(H,25,28). The molecule has 2 aromatic rings. The predicted molar refractivity (Wildman–Crippen MR) is 117 cm³/mol. The number of hydrogen-bond donors (Lipinski definition) is 2. The third-order valence-corrected chi connectivity index (χ3v) is 6.71. The van der Waals surface area contributed by atoms with E-state index in [2.05, 4.69) is 11.9 Å². The number of para-hydroxylation sites is 2. The summed E-state index contributed by atoms with van der Waals surface area (Å²) in [5.41, 5.74) is -0.275. The molecule has 2 atom stereocenters. The first-order valence-corrected chi connectivity index (χ1v) is 10.1. The van der Waals surface area contributed by atoms with Crippen LogP contribution in [0.1, 0.15) is 36.2 Å². The summed E-state index contributed by atoms with van der Waals surface area (Å²) in [6.45, 7) is 7.60. The van der Waals surface area contributed by atoms with Crippen molar-refractivity contribution >= 4 is 29.1 Å². The number of allylic oxidation sites excluding steroid dienone is 1. The number of amides is 3.